The Hall–Kier alpha value is -2.39. The summed E-state index contributed by atoms with van der Waals surface area (Å²) in [6.07, 6.45) is 4.71. The highest BCUT2D eigenvalue weighted by atomic mass is 32.1. The van der Waals surface area contributed by atoms with E-state index in [1.165, 1.54) is 51.9 Å². The summed E-state index contributed by atoms with van der Waals surface area (Å²) < 4.78 is 15.9. The molecule has 1 fully saturated rings. The molecule has 1 amide bonds. The van der Waals surface area contributed by atoms with E-state index in [1.54, 1.807) is 12.1 Å². The Morgan fingerprint density at radius 3 is 2.36 bits per heavy atom. The predicted molar refractivity (Wildman–Crippen MR) is 108 cm³/mol. The number of piperidine rings is 1. The van der Waals surface area contributed by atoms with E-state index >= 15 is 0 Å². The van der Waals surface area contributed by atoms with E-state index in [2.05, 4.69) is 20.4 Å². The maximum atomic E-state index is 12.6. The number of carbonyl (C=O) groups excluding carboxylic acids is 1. The van der Waals surface area contributed by atoms with E-state index in [0.29, 0.717) is 27.9 Å². The normalized spacial score (nSPS) is 14.5. The average molecular weight is 407 g/mol. The van der Waals surface area contributed by atoms with Gasteiger partial charge in [0.15, 0.2) is 11.5 Å². The Balaban J connectivity index is 1.64. The smallest absolute Gasteiger partial charge is 0.257 e. The molecule has 2 heterocycles. The third-order valence-corrected chi connectivity index (χ3v) is 5.60. The topological polar surface area (TPSA) is 85.8 Å². The summed E-state index contributed by atoms with van der Waals surface area (Å²) in [4.78, 5) is 15.1. The lowest BCUT2D eigenvalue weighted by molar-refractivity contribution is 0.102. The van der Waals surface area contributed by atoms with Crippen molar-refractivity contribution in [1.29, 1.82) is 0 Å². The highest BCUT2D eigenvalue weighted by Crippen LogP contribution is 2.38. The summed E-state index contributed by atoms with van der Waals surface area (Å²) >= 11 is 1.40. The lowest BCUT2D eigenvalue weighted by atomic mass is 10.1. The number of benzene rings is 1. The van der Waals surface area contributed by atoms with Gasteiger partial charge in [-0.3, -0.25) is 10.1 Å². The van der Waals surface area contributed by atoms with Crippen molar-refractivity contribution in [3.63, 3.8) is 0 Å². The second-order valence-electron chi connectivity index (χ2n) is 6.52. The van der Waals surface area contributed by atoms with Gasteiger partial charge in [0.25, 0.3) is 5.91 Å². The van der Waals surface area contributed by atoms with E-state index in [4.69, 9.17) is 14.2 Å². The van der Waals surface area contributed by atoms with Crippen molar-refractivity contribution >= 4 is 22.4 Å². The Labute approximate surface area is 168 Å². The summed E-state index contributed by atoms with van der Waals surface area (Å²) in [5.41, 5.74) is 0.388. The van der Waals surface area contributed by atoms with Gasteiger partial charge in [0, 0.05) is 18.5 Å². The molecule has 1 aromatic carbocycles. The second-order valence-corrected chi connectivity index (χ2v) is 7.58. The highest BCUT2D eigenvalue weighted by Gasteiger charge is 2.18. The van der Waals surface area contributed by atoms with Crippen LogP contribution in [0.4, 0.5) is 5.13 Å². The third-order valence-electron chi connectivity index (χ3n) is 4.70. The third kappa shape index (κ3) is 4.90. The molecule has 1 aliphatic rings. The average Bonchev–Trinajstić information content (AvgIpc) is 3.19. The summed E-state index contributed by atoms with van der Waals surface area (Å²) in [6, 6.07) is 3.21. The molecule has 2 aromatic rings. The molecule has 28 heavy (non-hydrogen) atoms. The lowest BCUT2D eigenvalue weighted by Crippen LogP contribution is -2.31. The van der Waals surface area contributed by atoms with Gasteiger partial charge in [-0.05, 0) is 38.1 Å². The van der Waals surface area contributed by atoms with Crippen LogP contribution in [0.2, 0.25) is 0 Å². The largest absolute Gasteiger partial charge is 0.493 e. The van der Waals surface area contributed by atoms with Gasteiger partial charge < -0.3 is 19.1 Å². The standard InChI is InChI=1S/C19H26N4O4S/c1-25-14-11-13(12-15(26-2)17(14)27-3)18(24)20-19-22-21-16(28-19)7-10-23-8-5-4-6-9-23/h11-12H,4-10H2,1-3H3,(H,20,22,24). The zero-order chi connectivity index (χ0) is 19.9. The summed E-state index contributed by atoms with van der Waals surface area (Å²) in [6.45, 7) is 3.29. The van der Waals surface area contributed by atoms with Crippen LogP contribution in [0.25, 0.3) is 0 Å². The van der Waals surface area contributed by atoms with Crippen molar-refractivity contribution in [1.82, 2.24) is 15.1 Å². The number of nitrogens with one attached hydrogen (secondary N) is 1. The first-order chi connectivity index (χ1) is 13.6. The maximum absolute atomic E-state index is 12.6. The number of hydrogen-bond acceptors (Lipinski definition) is 8. The van der Waals surface area contributed by atoms with E-state index in [1.807, 2.05) is 0 Å². The Morgan fingerprint density at radius 1 is 1.07 bits per heavy atom. The first-order valence-electron chi connectivity index (χ1n) is 9.30. The lowest BCUT2D eigenvalue weighted by Gasteiger charge is -2.25. The van der Waals surface area contributed by atoms with E-state index < -0.39 is 0 Å². The van der Waals surface area contributed by atoms with Gasteiger partial charge in [-0.2, -0.15) is 0 Å². The molecule has 0 radical (unpaired) electrons. The molecule has 9 heteroatoms. The van der Waals surface area contributed by atoms with Crippen molar-refractivity contribution in [3.8, 4) is 17.2 Å². The van der Waals surface area contributed by atoms with Crippen LogP contribution in [-0.4, -0.2) is 62.0 Å². The summed E-state index contributed by atoms with van der Waals surface area (Å²) in [5, 5.41) is 12.5. The first kappa shape index (κ1) is 20.3. The fourth-order valence-corrected chi connectivity index (χ4v) is 3.95. The first-order valence-corrected chi connectivity index (χ1v) is 10.1. The number of likely N-dealkylation sites (tertiary alicyclic amines) is 1. The van der Waals surface area contributed by atoms with Crippen LogP contribution in [0.3, 0.4) is 0 Å². The fourth-order valence-electron chi connectivity index (χ4n) is 3.22. The SMILES string of the molecule is COc1cc(C(=O)Nc2nnc(CCN3CCCCC3)s2)cc(OC)c1OC. The fraction of sp³-hybridized carbons (Fsp3) is 0.526. The van der Waals surface area contributed by atoms with Crippen LogP contribution in [-0.2, 0) is 6.42 Å². The number of nitrogens with zero attached hydrogens (tertiary/aromatic N) is 3. The molecule has 1 saturated heterocycles. The van der Waals surface area contributed by atoms with Crippen molar-refractivity contribution < 1.29 is 19.0 Å². The van der Waals surface area contributed by atoms with Gasteiger partial charge in [0.05, 0.1) is 21.3 Å². The number of anilines is 1. The Bertz CT molecular complexity index is 780. The molecule has 0 aliphatic carbocycles. The molecular formula is C19H26N4O4S. The second kappa shape index (κ2) is 9.70. The van der Waals surface area contributed by atoms with Gasteiger partial charge in [-0.15, -0.1) is 10.2 Å². The molecule has 0 atom stereocenters. The minimum absolute atomic E-state index is 0.307. The van der Waals surface area contributed by atoms with E-state index in [-0.39, 0.29) is 5.91 Å². The molecule has 0 saturated carbocycles. The number of ether oxygens (including phenoxy) is 3. The number of methoxy groups -OCH3 is 3. The number of aromatic nitrogens is 2. The van der Waals surface area contributed by atoms with Crippen LogP contribution in [0, 0.1) is 0 Å². The minimum Gasteiger partial charge on any atom is -0.493 e. The summed E-state index contributed by atoms with van der Waals surface area (Å²) in [7, 11) is 4.55. The molecule has 0 spiro atoms. The van der Waals surface area contributed by atoms with Crippen LogP contribution >= 0.6 is 11.3 Å². The van der Waals surface area contributed by atoms with Gasteiger partial charge in [0.1, 0.15) is 5.01 Å². The number of carbonyl (C=O) groups is 1. The van der Waals surface area contributed by atoms with Gasteiger partial charge >= 0.3 is 0 Å². The van der Waals surface area contributed by atoms with Crippen LogP contribution in [0.5, 0.6) is 17.2 Å². The molecular weight excluding hydrogens is 380 g/mol. The molecule has 8 nitrogen and oxygen atoms in total. The molecule has 1 aliphatic heterocycles. The zero-order valence-corrected chi connectivity index (χ0v) is 17.3. The van der Waals surface area contributed by atoms with Crippen molar-refractivity contribution in [3.05, 3.63) is 22.7 Å². The number of rotatable bonds is 8. The van der Waals surface area contributed by atoms with Crippen molar-refractivity contribution in [2.24, 2.45) is 0 Å². The van der Waals surface area contributed by atoms with Crippen molar-refractivity contribution in [2.45, 2.75) is 25.7 Å². The highest BCUT2D eigenvalue weighted by molar-refractivity contribution is 7.15. The zero-order valence-electron chi connectivity index (χ0n) is 16.5. The predicted octanol–water partition coefficient (Wildman–Crippen LogP) is 2.84. The molecule has 1 N–H and O–H groups in total. The molecule has 152 valence electrons. The minimum atomic E-state index is -0.307. The van der Waals surface area contributed by atoms with E-state index in [9.17, 15) is 4.79 Å². The van der Waals surface area contributed by atoms with E-state index in [0.717, 1.165) is 31.1 Å². The molecule has 1 aromatic heterocycles. The van der Waals surface area contributed by atoms with Crippen LogP contribution in [0.15, 0.2) is 12.1 Å². The molecule has 3 rings (SSSR count). The van der Waals surface area contributed by atoms with Gasteiger partial charge in [-0.1, -0.05) is 17.8 Å². The Kier molecular flexibility index (Phi) is 7.05. The van der Waals surface area contributed by atoms with Crippen LogP contribution in [0.1, 0.15) is 34.6 Å². The van der Waals surface area contributed by atoms with Gasteiger partial charge in [-0.25, -0.2) is 0 Å². The number of hydrogen-bond donors (Lipinski definition) is 1. The molecule has 0 unspecified atom stereocenters. The van der Waals surface area contributed by atoms with Crippen molar-refractivity contribution in [2.75, 3.05) is 46.3 Å². The monoisotopic (exact) mass is 406 g/mol. The van der Waals surface area contributed by atoms with Crippen LogP contribution < -0.4 is 19.5 Å². The Morgan fingerprint density at radius 2 is 1.75 bits per heavy atom. The maximum Gasteiger partial charge on any atom is 0.257 e. The van der Waals surface area contributed by atoms with Gasteiger partial charge in [0.2, 0.25) is 10.9 Å². The quantitative estimate of drug-likeness (QED) is 0.721. The summed E-state index contributed by atoms with van der Waals surface area (Å²) in [5.74, 6) is 0.980. The molecule has 0 bridgehead atoms. The number of amides is 1.